The van der Waals surface area contributed by atoms with Crippen LogP contribution in [0, 0.1) is 5.92 Å². The minimum absolute atomic E-state index is 0.0428. The number of nitrogens with two attached hydrogens (primary N) is 1. The number of unbranched alkanes of at least 4 members (excludes halogenated alkanes) is 2. The van der Waals surface area contributed by atoms with E-state index in [1.54, 1.807) is 17.0 Å². The Labute approximate surface area is 376 Å². The summed E-state index contributed by atoms with van der Waals surface area (Å²) in [5.74, 6) is -4.97. The first-order chi connectivity index (χ1) is 29.8. The van der Waals surface area contributed by atoms with Crippen LogP contribution in [0.2, 0.25) is 0 Å². The lowest BCUT2D eigenvalue weighted by atomic mass is 10.0. The molecule has 1 aliphatic heterocycles. The number of hydrogen-bond acceptors (Lipinski definition) is 12. The van der Waals surface area contributed by atoms with Crippen LogP contribution in [0.25, 0.3) is 0 Å². The summed E-state index contributed by atoms with van der Waals surface area (Å²) in [6.07, 6.45) is 7.24. The van der Waals surface area contributed by atoms with E-state index in [1.165, 1.54) is 11.1 Å². The molecular formula is C42H73N8O13P. The van der Waals surface area contributed by atoms with E-state index in [-0.39, 0.29) is 43.3 Å². The number of aryl methyl sites for hydroxylation is 1. The minimum atomic E-state index is -5.12. The molecule has 6 atom stereocenters. The maximum atomic E-state index is 14.2. The number of nitrogens with zero attached hydrogens (tertiary/aromatic N) is 3. The lowest BCUT2D eigenvalue weighted by molar-refractivity contribution is -0.141. The number of carbonyl (C=O) groups excluding carboxylic acids is 6. The van der Waals surface area contributed by atoms with E-state index >= 15 is 0 Å². The zero-order valence-electron chi connectivity index (χ0n) is 38.7. The highest BCUT2D eigenvalue weighted by Gasteiger charge is 2.38. The van der Waals surface area contributed by atoms with Crippen LogP contribution >= 0.6 is 7.82 Å². The quantitative estimate of drug-likeness (QED) is 0.0318. The van der Waals surface area contributed by atoms with Crippen molar-refractivity contribution in [1.29, 1.82) is 0 Å². The molecule has 364 valence electrons. The second kappa shape index (κ2) is 26.0. The number of allylic oxidation sites excluding steroid dienone is 1. The van der Waals surface area contributed by atoms with Crippen molar-refractivity contribution in [2.45, 2.75) is 167 Å². The molecule has 0 spiro atoms. The molecule has 0 radical (unpaired) electrons. The molecule has 1 aliphatic rings. The Morgan fingerprint density at radius 2 is 1.59 bits per heavy atom. The normalized spacial score (nSPS) is 16.9. The lowest BCUT2D eigenvalue weighted by Gasteiger charge is -2.30. The summed E-state index contributed by atoms with van der Waals surface area (Å²) >= 11 is 0. The fourth-order valence-electron chi connectivity index (χ4n) is 6.94. The van der Waals surface area contributed by atoms with Gasteiger partial charge in [-0.05, 0) is 92.4 Å². The number of hydrogen-bond donors (Lipinski definition) is 8. The van der Waals surface area contributed by atoms with Gasteiger partial charge in [0.15, 0.2) is 0 Å². The second-order valence-electron chi connectivity index (χ2n) is 18.1. The van der Waals surface area contributed by atoms with Crippen molar-refractivity contribution >= 4 is 43.3 Å². The van der Waals surface area contributed by atoms with E-state index < -0.39 is 85.9 Å². The first-order valence-corrected chi connectivity index (χ1v) is 23.3. The zero-order chi connectivity index (χ0) is 48.4. The van der Waals surface area contributed by atoms with E-state index in [0.717, 1.165) is 26.2 Å². The van der Waals surface area contributed by atoms with Gasteiger partial charge in [-0.15, -0.1) is 6.58 Å². The molecule has 2 heterocycles. The number of amides is 6. The molecule has 21 nitrogen and oxygen atoms in total. The molecule has 64 heavy (non-hydrogen) atoms. The Bertz CT molecular complexity index is 1760. The summed E-state index contributed by atoms with van der Waals surface area (Å²) < 4.78 is 29.6. The van der Waals surface area contributed by atoms with Gasteiger partial charge < -0.3 is 60.8 Å². The monoisotopic (exact) mass is 929 g/mol. The van der Waals surface area contributed by atoms with E-state index in [9.17, 15) is 48.2 Å². The Balaban J connectivity index is 2.30. The van der Waals surface area contributed by atoms with Crippen molar-refractivity contribution < 1.29 is 62.2 Å². The maximum Gasteiger partial charge on any atom is 0.469 e. The molecule has 0 bridgehead atoms. The molecule has 0 saturated carbocycles. The number of likely N-dealkylation sites (tertiary alicyclic amines) is 1. The summed E-state index contributed by atoms with van der Waals surface area (Å²) in [5.41, 5.74) is 5.05. The van der Waals surface area contributed by atoms with Gasteiger partial charge >= 0.3 is 7.82 Å². The highest BCUT2D eigenvalue weighted by Crippen LogP contribution is 2.38. The van der Waals surface area contributed by atoms with Crippen LogP contribution in [0.5, 0.6) is 0 Å². The number of imidazole rings is 1. The van der Waals surface area contributed by atoms with Gasteiger partial charge in [0, 0.05) is 38.0 Å². The van der Waals surface area contributed by atoms with Crippen LogP contribution < -0.4 is 27.0 Å². The number of primary amides is 1. The standard InChI is InChI=1S/C42H73N8O13P/c1-10-11-12-13-18-49-26-44-24-29(49)23-31(38(55)47-32(25-51)39(56)48-35(36(43)53)28(4)63-64(58,59)60)45-37(54)30(22-27(2)3)46-40(57)33-15-14-19-50(33)34(52)16-20-62-42(8,9)17-21-61-41(5,6)7/h10,24,26-28,30-33,35,51H,1,11-23,25H2,2-9H3,(H2,43,53)(H,45,54)(H,46,57)(H,47,55)(H,48,56)(H2,58,59,60)/t28?,30-,31-,32-,33-,35-/m0/s1. The number of phosphoric ester groups is 1. The Hall–Kier alpha value is -4.24. The summed E-state index contributed by atoms with van der Waals surface area (Å²) in [7, 11) is -5.12. The summed E-state index contributed by atoms with van der Waals surface area (Å²) in [6.45, 7) is 18.7. The number of aliphatic hydroxyl groups is 1. The van der Waals surface area contributed by atoms with Crippen molar-refractivity contribution in [3.05, 3.63) is 30.9 Å². The Morgan fingerprint density at radius 3 is 2.19 bits per heavy atom. The van der Waals surface area contributed by atoms with Crippen LogP contribution in [-0.4, -0.2) is 139 Å². The summed E-state index contributed by atoms with van der Waals surface area (Å²) in [4.78, 5) is 105. The van der Waals surface area contributed by atoms with Crippen LogP contribution in [0.4, 0.5) is 0 Å². The maximum absolute atomic E-state index is 14.2. The first kappa shape index (κ1) is 55.9. The second-order valence-corrected chi connectivity index (χ2v) is 19.3. The number of carbonyl (C=O) groups is 6. The van der Waals surface area contributed by atoms with Crippen LogP contribution in [0.3, 0.4) is 0 Å². The Morgan fingerprint density at radius 1 is 0.953 bits per heavy atom. The van der Waals surface area contributed by atoms with Gasteiger partial charge in [-0.3, -0.25) is 33.3 Å². The third kappa shape index (κ3) is 20.3. The first-order valence-electron chi connectivity index (χ1n) is 21.8. The topological polar surface area (TPSA) is 303 Å². The molecule has 2 rings (SSSR count). The molecule has 1 fully saturated rings. The molecule has 1 saturated heterocycles. The van der Waals surface area contributed by atoms with Gasteiger partial charge in [-0.25, -0.2) is 9.55 Å². The molecule has 0 aromatic carbocycles. The molecule has 22 heteroatoms. The van der Waals surface area contributed by atoms with Crippen molar-refractivity contribution in [1.82, 2.24) is 35.7 Å². The molecule has 1 aromatic rings. The number of aromatic nitrogens is 2. The highest BCUT2D eigenvalue weighted by atomic mass is 31.2. The third-order valence-corrected chi connectivity index (χ3v) is 11.0. The number of aliphatic hydroxyl groups excluding tert-OH is 1. The van der Waals surface area contributed by atoms with E-state index in [1.807, 2.05) is 48.5 Å². The third-order valence-electron chi connectivity index (χ3n) is 10.4. The van der Waals surface area contributed by atoms with Gasteiger partial charge in [-0.2, -0.15) is 0 Å². The average Bonchev–Trinajstić information content (AvgIpc) is 3.85. The van der Waals surface area contributed by atoms with Crippen molar-refractivity contribution in [2.24, 2.45) is 11.7 Å². The molecule has 1 aromatic heterocycles. The zero-order valence-corrected chi connectivity index (χ0v) is 39.6. The molecular weight excluding hydrogens is 855 g/mol. The number of phosphoric acid groups is 1. The fourth-order valence-corrected chi connectivity index (χ4v) is 7.50. The van der Waals surface area contributed by atoms with E-state index in [2.05, 4.69) is 37.4 Å². The van der Waals surface area contributed by atoms with E-state index in [4.69, 9.17) is 15.2 Å². The summed E-state index contributed by atoms with van der Waals surface area (Å²) in [5, 5.41) is 20.2. The predicted octanol–water partition coefficient (Wildman–Crippen LogP) is 1.12. The molecule has 6 amide bonds. The van der Waals surface area contributed by atoms with Crippen LogP contribution in [0.1, 0.15) is 112 Å². The average molecular weight is 929 g/mol. The van der Waals surface area contributed by atoms with Gasteiger partial charge in [-0.1, -0.05) is 19.9 Å². The van der Waals surface area contributed by atoms with Gasteiger partial charge in [0.2, 0.25) is 35.4 Å². The molecule has 9 N–H and O–H groups in total. The van der Waals surface area contributed by atoms with Crippen molar-refractivity contribution in [2.75, 3.05) is 26.4 Å². The van der Waals surface area contributed by atoms with Crippen LogP contribution in [0.15, 0.2) is 25.2 Å². The number of ether oxygens (including phenoxy) is 2. The van der Waals surface area contributed by atoms with Crippen molar-refractivity contribution in [3.8, 4) is 0 Å². The summed E-state index contributed by atoms with van der Waals surface area (Å²) in [6, 6.07) is -6.95. The molecule has 0 aliphatic carbocycles. The fraction of sp³-hybridized carbons (Fsp3) is 0.738. The van der Waals surface area contributed by atoms with Crippen molar-refractivity contribution in [3.63, 3.8) is 0 Å². The van der Waals surface area contributed by atoms with Gasteiger partial charge in [0.05, 0.1) is 43.3 Å². The van der Waals surface area contributed by atoms with Crippen LogP contribution in [-0.2, 0) is 60.3 Å². The predicted molar refractivity (Wildman–Crippen MR) is 236 cm³/mol. The van der Waals surface area contributed by atoms with Gasteiger partial charge in [0.1, 0.15) is 30.2 Å². The Kier molecular flexibility index (Phi) is 22.7. The van der Waals surface area contributed by atoms with E-state index in [0.29, 0.717) is 44.7 Å². The number of rotatable bonds is 29. The smallest absolute Gasteiger partial charge is 0.394 e. The SMILES string of the molecule is C=CCCCCn1cncc1C[C@H](NC(=O)[C@H](CC(C)C)NC(=O)[C@@H]1CCCN1C(=O)CCOC(C)(C)CCOC(C)(C)C)C(=O)N[C@@H](CO)C(=O)N[C@H](C(N)=O)C(C)OP(=O)(O)O. The van der Waals surface area contributed by atoms with Gasteiger partial charge in [0.25, 0.3) is 0 Å². The largest absolute Gasteiger partial charge is 0.469 e. The molecule has 1 unspecified atom stereocenters. The minimum Gasteiger partial charge on any atom is -0.394 e. The lowest BCUT2D eigenvalue weighted by Crippen LogP contribution is -2.61. The number of nitrogens with one attached hydrogen (secondary N) is 4. The highest BCUT2D eigenvalue weighted by molar-refractivity contribution is 7.46.